The Hall–Kier alpha value is -4.38. The molecule has 5 aromatic rings. The number of nitrogens with one attached hydrogen (secondary N) is 1. The third-order valence-electron chi connectivity index (χ3n) is 6.15. The molecule has 34 heavy (non-hydrogen) atoms. The lowest BCUT2D eigenvalue weighted by Gasteiger charge is -2.27. The summed E-state index contributed by atoms with van der Waals surface area (Å²) in [6.07, 6.45) is 4.49. The van der Waals surface area contributed by atoms with Crippen LogP contribution in [0.1, 0.15) is 28.4 Å². The number of anilines is 2. The van der Waals surface area contributed by atoms with Gasteiger partial charge in [-0.1, -0.05) is 54.6 Å². The number of benzene rings is 3. The van der Waals surface area contributed by atoms with Gasteiger partial charge in [-0.15, -0.1) is 0 Å². The van der Waals surface area contributed by atoms with E-state index in [2.05, 4.69) is 64.9 Å². The highest BCUT2D eigenvalue weighted by atomic mass is 16.5. The average molecular weight is 446 g/mol. The minimum Gasteiger partial charge on any atom is -0.486 e. The first-order valence-corrected chi connectivity index (χ1v) is 11.4. The van der Waals surface area contributed by atoms with Crippen LogP contribution < -0.4 is 10.1 Å². The number of aromatic nitrogens is 2. The van der Waals surface area contributed by atoms with Crippen molar-refractivity contribution < 1.29 is 9.15 Å². The van der Waals surface area contributed by atoms with E-state index in [0.29, 0.717) is 18.5 Å². The van der Waals surface area contributed by atoms with Gasteiger partial charge < -0.3 is 14.5 Å². The molecular weight excluding hydrogens is 422 g/mol. The first-order chi connectivity index (χ1) is 16.8. The lowest BCUT2D eigenvalue weighted by atomic mass is 9.78. The maximum absolute atomic E-state index is 5.76. The van der Waals surface area contributed by atoms with Crippen molar-refractivity contribution in [3.63, 3.8) is 0 Å². The number of nitrogens with zero attached hydrogens (tertiary/aromatic N) is 2. The largest absolute Gasteiger partial charge is 0.486 e. The van der Waals surface area contributed by atoms with Gasteiger partial charge >= 0.3 is 0 Å². The average Bonchev–Trinajstić information content (AvgIpc) is 3.42. The van der Waals surface area contributed by atoms with Crippen molar-refractivity contribution >= 4 is 11.6 Å². The summed E-state index contributed by atoms with van der Waals surface area (Å²) in [7, 11) is 0. The van der Waals surface area contributed by atoms with Gasteiger partial charge in [-0.3, -0.25) is 0 Å². The number of hydrogen-bond acceptors (Lipinski definition) is 5. The summed E-state index contributed by atoms with van der Waals surface area (Å²) in [5, 5.41) is 3.33. The van der Waals surface area contributed by atoms with Gasteiger partial charge in [0.1, 0.15) is 18.1 Å². The quantitative estimate of drug-likeness (QED) is 0.313. The smallest absolute Gasteiger partial charge is 0.227 e. The van der Waals surface area contributed by atoms with Crippen LogP contribution in [0.15, 0.2) is 108 Å². The molecule has 5 heteroatoms. The molecule has 0 aliphatic heterocycles. The summed E-state index contributed by atoms with van der Waals surface area (Å²) in [6.45, 7) is 0.400. The first-order valence-electron chi connectivity index (χ1n) is 11.4. The summed E-state index contributed by atoms with van der Waals surface area (Å²) in [6, 6.07) is 30.7. The standard InChI is InChI=1S/C29H23N3O2/c1-2-7-20(8-3-1)27-17-21-18-30-29(32-28(21)26-11-5-4-10-25(26)27)31-22-12-14-23(15-13-22)34-19-24-9-6-16-33-24/h1-16,18,27H,17,19H2,(H,30,31,32). The molecule has 6 rings (SSSR count). The van der Waals surface area contributed by atoms with E-state index in [1.54, 1.807) is 6.26 Å². The zero-order valence-electron chi connectivity index (χ0n) is 18.5. The van der Waals surface area contributed by atoms with Crippen LogP contribution >= 0.6 is 0 Å². The number of ether oxygens (including phenoxy) is 1. The minimum absolute atomic E-state index is 0.307. The fourth-order valence-electron chi connectivity index (χ4n) is 4.49. The van der Waals surface area contributed by atoms with Crippen molar-refractivity contribution in [1.29, 1.82) is 0 Å². The summed E-state index contributed by atoms with van der Waals surface area (Å²) in [4.78, 5) is 9.52. The maximum atomic E-state index is 5.76. The fraction of sp³-hybridized carbons (Fsp3) is 0.103. The van der Waals surface area contributed by atoms with Gasteiger partial charge in [0.15, 0.2) is 0 Å². The highest BCUT2D eigenvalue weighted by molar-refractivity contribution is 5.73. The molecular formula is C29H23N3O2. The molecule has 0 bridgehead atoms. The summed E-state index contributed by atoms with van der Waals surface area (Å²) < 4.78 is 11.1. The van der Waals surface area contributed by atoms with Gasteiger partial charge in [0.2, 0.25) is 5.95 Å². The Morgan fingerprint density at radius 1 is 0.882 bits per heavy atom. The minimum atomic E-state index is 0.307. The van der Waals surface area contributed by atoms with Crippen LogP contribution in [0.25, 0.3) is 11.3 Å². The molecule has 1 N–H and O–H groups in total. The Balaban J connectivity index is 1.23. The van der Waals surface area contributed by atoms with Gasteiger partial charge in [-0.25, -0.2) is 9.97 Å². The van der Waals surface area contributed by atoms with Gasteiger partial charge in [-0.2, -0.15) is 0 Å². The Morgan fingerprint density at radius 3 is 2.53 bits per heavy atom. The molecule has 0 saturated heterocycles. The van der Waals surface area contributed by atoms with E-state index < -0.39 is 0 Å². The van der Waals surface area contributed by atoms with E-state index in [1.807, 2.05) is 42.6 Å². The van der Waals surface area contributed by atoms with E-state index in [9.17, 15) is 0 Å². The topological polar surface area (TPSA) is 60.2 Å². The van der Waals surface area contributed by atoms with E-state index in [-0.39, 0.29) is 0 Å². The second kappa shape index (κ2) is 8.87. The Labute approximate surface area is 198 Å². The fourth-order valence-corrected chi connectivity index (χ4v) is 4.49. The number of hydrogen-bond donors (Lipinski definition) is 1. The van der Waals surface area contributed by atoms with Crippen molar-refractivity contribution in [3.8, 4) is 17.0 Å². The van der Waals surface area contributed by atoms with Gasteiger partial charge in [0.05, 0.1) is 12.0 Å². The number of rotatable bonds is 6. The SMILES string of the molecule is c1ccc(C2Cc3cnc(Nc4ccc(OCc5ccco5)cc4)nc3-c3ccccc32)cc1. The molecule has 0 saturated carbocycles. The number of fused-ring (bicyclic) bond motifs is 3. The van der Waals surface area contributed by atoms with Gasteiger partial charge in [-0.05, 0) is 59.5 Å². The Morgan fingerprint density at radius 2 is 1.71 bits per heavy atom. The van der Waals surface area contributed by atoms with Gasteiger partial charge in [0, 0.05) is 23.4 Å². The molecule has 1 aliphatic rings. The second-order valence-corrected chi connectivity index (χ2v) is 8.34. The van der Waals surface area contributed by atoms with Crippen molar-refractivity contribution in [3.05, 3.63) is 126 Å². The molecule has 3 aromatic carbocycles. The third kappa shape index (κ3) is 4.04. The van der Waals surface area contributed by atoms with E-state index in [1.165, 1.54) is 22.3 Å². The van der Waals surface area contributed by atoms with E-state index in [4.69, 9.17) is 14.1 Å². The number of furan rings is 1. The van der Waals surface area contributed by atoms with Crippen LogP contribution in [0.3, 0.4) is 0 Å². The zero-order valence-corrected chi connectivity index (χ0v) is 18.5. The monoisotopic (exact) mass is 445 g/mol. The highest BCUT2D eigenvalue weighted by Gasteiger charge is 2.27. The molecule has 0 fully saturated rings. The summed E-state index contributed by atoms with van der Waals surface area (Å²) in [5.41, 5.74) is 6.86. The van der Waals surface area contributed by atoms with Crippen molar-refractivity contribution in [1.82, 2.24) is 9.97 Å². The summed E-state index contributed by atoms with van der Waals surface area (Å²) >= 11 is 0. The van der Waals surface area contributed by atoms with E-state index >= 15 is 0 Å². The molecule has 0 spiro atoms. The van der Waals surface area contributed by atoms with Crippen LogP contribution in [-0.2, 0) is 13.0 Å². The molecule has 2 heterocycles. The normalized spacial score (nSPS) is 14.2. The third-order valence-corrected chi connectivity index (χ3v) is 6.15. The molecule has 1 unspecified atom stereocenters. The molecule has 1 atom stereocenters. The van der Waals surface area contributed by atoms with Gasteiger partial charge in [0.25, 0.3) is 0 Å². The molecule has 5 nitrogen and oxygen atoms in total. The van der Waals surface area contributed by atoms with Crippen LogP contribution in [0, 0.1) is 0 Å². The first kappa shape index (κ1) is 20.2. The van der Waals surface area contributed by atoms with E-state index in [0.717, 1.165) is 29.3 Å². The Kier molecular flexibility index (Phi) is 5.28. The highest BCUT2D eigenvalue weighted by Crippen LogP contribution is 2.41. The van der Waals surface area contributed by atoms with Crippen LogP contribution in [0.4, 0.5) is 11.6 Å². The van der Waals surface area contributed by atoms with Crippen molar-refractivity contribution in [2.45, 2.75) is 18.9 Å². The Bertz CT molecular complexity index is 1400. The van der Waals surface area contributed by atoms with Crippen LogP contribution in [0.2, 0.25) is 0 Å². The lowest BCUT2D eigenvalue weighted by molar-refractivity contribution is 0.270. The van der Waals surface area contributed by atoms with Crippen LogP contribution in [0.5, 0.6) is 5.75 Å². The summed E-state index contributed by atoms with van der Waals surface area (Å²) in [5.74, 6) is 2.45. The zero-order chi connectivity index (χ0) is 22.7. The maximum Gasteiger partial charge on any atom is 0.227 e. The lowest BCUT2D eigenvalue weighted by Crippen LogP contribution is -2.14. The second-order valence-electron chi connectivity index (χ2n) is 8.34. The molecule has 2 aromatic heterocycles. The molecule has 1 aliphatic carbocycles. The molecule has 0 radical (unpaired) electrons. The molecule has 0 amide bonds. The molecule has 166 valence electrons. The van der Waals surface area contributed by atoms with Crippen molar-refractivity contribution in [2.24, 2.45) is 0 Å². The van der Waals surface area contributed by atoms with Crippen LogP contribution in [-0.4, -0.2) is 9.97 Å². The predicted octanol–water partition coefficient (Wildman–Crippen LogP) is 6.75. The predicted molar refractivity (Wildman–Crippen MR) is 132 cm³/mol. The van der Waals surface area contributed by atoms with Crippen molar-refractivity contribution in [2.75, 3.05) is 5.32 Å².